The molecule has 13 heavy (non-hydrogen) atoms. The summed E-state index contributed by atoms with van der Waals surface area (Å²) in [5.74, 6) is 0. The van der Waals surface area contributed by atoms with Gasteiger partial charge in [0.15, 0.2) is 0 Å². The molecule has 0 unspecified atom stereocenters. The summed E-state index contributed by atoms with van der Waals surface area (Å²) in [6.45, 7) is 8.43. The molecule has 0 bridgehead atoms. The van der Waals surface area contributed by atoms with Gasteiger partial charge in [-0.05, 0) is 24.1 Å². The van der Waals surface area contributed by atoms with E-state index < -0.39 is 0 Å². The van der Waals surface area contributed by atoms with Gasteiger partial charge in [0.25, 0.3) is 0 Å². The molecule has 0 aliphatic carbocycles. The molecule has 1 aromatic rings. The number of aromatic nitrogens is 2. The van der Waals surface area contributed by atoms with E-state index in [-0.39, 0.29) is 4.75 Å². The highest BCUT2D eigenvalue weighted by Crippen LogP contribution is 2.32. The maximum absolute atomic E-state index is 5.71. The molecular formula is C9H13ClN2S. The van der Waals surface area contributed by atoms with Gasteiger partial charge in [-0.1, -0.05) is 20.8 Å². The zero-order valence-electron chi connectivity index (χ0n) is 8.26. The van der Waals surface area contributed by atoms with E-state index in [4.69, 9.17) is 11.6 Å². The average molecular weight is 217 g/mol. The number of aryl methyl sites for hydroxylation is 1. The van der Waals surface area contributed by atoms with E-state index in [1.54, 1.807) is 18.0 Å². The van der Waals surface area contributed by atoms with E-state index in [0.717, 1.165) is 10.6 Å². The van der Waals surface area contributed by atoms with E-state index in [1.807, 2.05) is 6.92 Å². The predicted molar refractivity (Wildman–Crippen MR) is 57.4 cm³/mol. The lowest BCUT2D eigenvalue weighted by Gasteiger charge is -2.17. The monoisotopic (exact) mass is 216 g/mol. The summed E-state index contributed by atoms with van der Waals surface area (Å²) >= 11 is 7.42. The highest BCUT2D eigenvalue weighted by atomic mass is 35.5. The zero-order chi connectivity index (χ0) is 10.1. The van der Waals surface area contributed by atoms with Crippen LogP contribution in [0.15, 0.2) is 11.2 Å². The van der Waals surface area contributed by atoms with E-state index in [1.165, 1.54) is 0 Å². The Balaban J connectivity index is 2.94. The molecule has 1 rings (SSSR count). The van der Waals surface area contributed by atoms with Gasteiger partial charge in [0.1, 0.15) is 5.03 Å². The van der Waals surface area contributed by atoms with Gasteiger partial charge in [-0.25, -0.2) is 9.97 Å². The van der Waals surface area contributed by atoms with Crippen molar-refractivity contribution in [2.24, 2.45) is 0 Å². The molecule has 1 aromatic heterocycles. The molecule has 0 N–H and O–H groups in total. The summed E-state index contributed by atoms with van der Waals surface area (Å²) in [5, 5.41) is 1.28. The summed E-state index contributed by atoms with van der Waals surface area (Å²) in [4.78, 5) is 8.09. The van der Waals surface area contributed by atoms with Gasteiger partial charge >= 0.3 is 0 Å². The van der Waals surface area contributed by atoms with E-state index in [2.05, 4.69) is 30.7 Å². The summed E-state index contributed by atoms with van der Waals surface area (Å²) < 4.78 is 0.155. The van der Waals surface area contributed by atoms with E-state index in [0.29, 0.717) is 5.28 Å². The van der Waals surface area contributed by atoms with Gasteiger partial charge in [-0.2, -0.15) is 0 Å². The van der Waals surface area contributed by atoms with Crippen LogP contribution in [0, 0.1) is 6.92 Å². The van der Waals surface area contributed by atoms with Crippen molar-refractivity contribution in [3.05, 3.63) is 17.0 Å². The van der Waals surface area contributed by atoms with Gasteiger partial charge in [0.2, 0.25) is 5.28 Å². The molecule has 0 fully saturated rings. The Morgan fingerprint density at radius 2 is 2.00 bits per heavy atom. The topological polar surface area (TPSA) is 25.8 Å². The van der Waals surface area contributed by atoms with Crippen molar-refractivity contribution in [2.45, 2.75) is 37.5 Å². The van der Waals surface area contributed by atoms with Crippen LogP contribution in [-0.2, 0) is 0 Å². The minimum absolute atomic E-state index is 0.155. The standard InChI is InChI=1S/C9H13ClN2S/c1-6-5-11-8(10)12-7(6)13-9(2,3)4/h5H,1-4H3. The van der Waals surface area contributed by atoms with Gasteiger partial charge in [0.05, 0.1) is 0 Å². The molecule has 0 spiro atoms. The Hall–Kier alpha value is -0.280. The maximum atomic E-state index is 5.71. The van der Waals surface area contributed by atoms with Gasteiger partial charge in [-0.15, -0.1) is 11.8 Å². The Labute approximate surface area is 88.1 Å². The Morgan fingerprint density at radius 1 is 1.38 bits per heavy atom. The van der Waals surface area contributed by atoms with Gasteiger partial charge in [0, 0.05) is 10.9 Å². The van der Waals surface area contributed by atoms with Crippen molar-refractivity contribution in [3.8, 4) is 0 Å². The number of thioether (sulfide) groups is 1. The lowest BCUT2D eigenvalue weighted by Crippen LogP contribution is -2.08. The average Bonchev–Trinajstić information content (AvgIpc) is 1.94. The van der Waals surface area contributed by atoms with Crippen LogP contribution in [0.4, 0.5) is 0 Å². The van der Waals surface area contributed by atoms with Crippen molar-refractivity contribution in [2.75, 3.05) is 0 Å². The first-order valence-electron chi connectivity index (χ1n) is 4.06. The van der Waals surface area contributed by atoms with Crippen molar-refractivity contribution < 1.29 is 0 Å². The van der Waals surface area contributed by atoms with Crippen LogP contribution in [0.3, 0.4) is 0 Å². The number of hydrogen-bond acceptors (Lipinski definition) is 3. The molecule has 0 aromatic carbocycles. The fourth-order valence-corrected chi connectivity index (χ4v) is 1.91. The summed E-state index contributed by atoms with van der Waals surface area (Å²) in [6.07, 6.45) is 1.75. The highest BCUT2D eigenvalue weighted by molar-refractivity contribution is 8.00. The zero-order valence-corrected chi connectivity index (χ0v) is 9.83. The lowest BCUT2D eigenvalue weighted by atomic mass is 10.3. The maximum Gasteiger partial charge on any atom is 0.223 e. The number of nitrogens with zero attached hydrogens (tertiary/aromatic N) is 2. The predicted octanol–water partition coefficient (Wildman–Crippen LogP) is 3.33. The summed E-state index contributed by atoms with van der Waals surface area (Å²) in [5.41, 5.74) is 1.07. The van der Waals surface area contributed by atoms with Crippen molar-refractivity contribution in [3.63, 3.8) is 0 Å². The van der Waals surface area contributed by atoms with Crippen molar-refractivity contribution in [1.82, 2.24) is 9.97 Å². The second-order valence-corrected chi connectivity index (χ2v) is 6.00. The van der Waals surface area contributed by atoms with Gasteiger partial charge in [-0.3, -0.25) is 0 Å². The lowest BCUT2D eigenvalue weighted by molar-refractivity contribution is 0.796. The molecular weight excluding hydrogens is 204 g/mol. The largest absolute Gasteiger partial charge is 0.226 e. The Bertz CT molecular complexity index is 307. The smallest absolute Gasteiger partial charge is 0.223 e. The molecule has 0 atom stereocenters. The molecule has 0 radical (unpaired) electrons. The Morgan fingerprint density at radius 3 is 2.54 bits per heavy atom. The fraction of sp³-hybridized carbons (Fsp3) is 0.556. The molecule has 0 amide bonds. The first-order chi connectivity index (χ1) is 5.88. The molecule has 0 saturated heterocycles. The normalized spacial score (nSPS) is 11.8. The van der Waals surface area contributed by atoms with Crippen LogP contribution >= 0.6 is 23.4 Å². The summed E-state index contributed by atoms with van der Waals surface area (Å²) in [7, 11) is 0. The van der Waals surface area contributed by atoms with Crippen LogP contribution in [0.5, 0.6) is 0 Å². The second-order valence-electron chi connectivity index (χ2n) is 3.84. The third-order valence-corrected chi connectivity index (χ3v) is 2.70. The third kappa shape index (κ3) is 3.53. The number of rotatable bonds is 1. The quantitative estimate of drug-likeness (QED) is 0.409. The Kier molecular flexibility index (Phi) is 3.19. The minimum Gasteiger partial charge on any atom is -0.226 e. The molecule has 0 aliphatic rings. The summed E-state index contributed by atoms with van der Waals surface area (Å²) in [6, 6.07) is 0. The van der Waals surface area contributed by atoms with E-state index >= 15 is 0 Å². The third-order valence-electron chi connectivity index (χ3n) is 1.30. The molecule has 0 aliphatic heterocycles. The van der Waals surface area contributed by atoms with Crippen molar-refractivity contribution >= 4 is 23.4 Å². The first kappa shape index (κ1) is 10.8. The molecule has 4 heteroatoms. The molecule has 0 saturated carbocycles. The highest BCUT2D eigenvalue weighted by Gasteiger charge is 2.15. The molecule has 2 nitrogen and oxygen atoms in total. The minimum atomic E-state index is 0.155. The first-order valence-corrected chi connectivity index (χ1v) is 5.26. The molecule has 72 valence electrons. The van der Waals surface area contributed by atoms with E-state index in [9.17, 15) is 0 Å². The number of hydrogen-bond donors (Lipinski definition) is 0. The van der Waals surface area contributed by atoms with Crippen molar-refractivity contribution in [1.29, 1.82) is 0 Å². The SMILES string of the molecule is Cc1cnc(Cl)nc1SC(C)(C)C. The van der Waals surface area contributed by atoms with Crippen LogP contribution in [0.25, 0.3) is 0 Å². The van der Waals surface area contributed by atoms with Crippen LogP contribution in [-0.4, -0.2) is 14.7 Å². The second kappa shape index (κ2) is 3.84. The number of halogens is 1. The van der Waals surface area contributed by atoms with Crippen LogP contribution in [0.2, 0.25) is 5.28 Å². The molecule has 1 heterocycles. The van der Waals surface area contributed by atoms with Gasteiger partial charge < -0.3 is 0 Å². The fourth-order valence-electron chi connectivity index (χ4n) is 0.799. The van der Waals surface area contributed by atoms with Crippen LogP contribution in [0.1, 0.15) is 26.3 Å². The van der Waals surface area contributed by atoms with Crippen LogP contribution < -0.4 is 0 Å².